The van der Waals surface area contributed by atoms with Crippen LogP contribution in [-0.4, -0.2) is 32.5 Å². The summed E-state index contributed by atoms with van der Waals surface area (Å²) in [4.78, 5) is 0. The highest BCUT2D eigenvalue weighted by molar-refractivity contribution is 4.62. The molecule has 0 unspecified atom stereocenters. The van der Waals surface area contributed by atoms with Gasteiger partial charge in [-0.3, -0.25) is 0 Å². The third-order valence-corrected chi connectivity index (χ3v) is 2.00. The van der Waals surface area contributed by atoms with E-state index in [9.17, 15) is 13.2 Å². The molecule has 0 heterocycles. The summed E-state index contributed by atoms with van der Waals surface area (Å²) in [5, 5.41) is 3.13. The maximum absolute atomic E-state index is 11.7. The minimum absolute atomic E-state index is 0.246. The van der Waals surface area contributed by atoms with E-state index in [2.05, 4.69) is 26.1 Å². The fourth-order valence-corrected chi connectivity index (χ4v) is 1.02. The Balaban J connectivity index is 3.17. The topological polar surface area (TPSA) is 21.3 Å². The van der Waals surface area contributed by atoms with Crippen molar-refractivity contribution in [2.75, 3.05) is 26.3 Å². The molecular weight excluding hydrogens is 219 g/mol. The first-order chi connectivity index (χ1) is 7.21. The van der Waals surface area contributed by atoms with Crippen molar-refractivity contribution in [3.63, 3.8) is 0 Å². The molecule has 2 nitrogen and oxygen atoms in total. The van der Waals surface area contributed by atoms with Gasteiger partial charge in [-0.25, -0.2) is 0 Å². The summed E-state index contributed by atoms with van der Waals surface area (Å²) >= 11 is 0. The van der Waals surface area contributed by atoms with Gasteiger partial charge in [-0.1, -0.05) is 20.8 Å². The van der Waals surface area contributed by atoms with E-state index >= 15 is 0 Å². The maximum atomic E-state index is 11.7. The predicted molar refractivity (Wildman–Crippen MR) is 58.4 cm³/mol. The zero-order valence-corrected chi connectivity index (χ0v) is 10.3. The fourth-order valence-electron chi connectivity index (χ4n) is 1.02. The second kappa shape index (κ2) is 7.12. The number of hydrogen-bond donors (Lipinski definition) is 1. The van der Waals surface area contributed by atoms with Gasteiger partial charge in [0.25, 0.3) is 0 Å². The summed E-state index contributed by atoms with van der Waals surface area (Å²) in [6, 6.07) is 0. The summed E-state index contributed by atoms with van der Waals surface area (Å²) in [5.41, 5.74) is 0.282. The molecule has 1 N–H and O–H groups in total. The Kier molecular flexibility index (Phi) is 6.99. The largest absolute Gasteiger partial charge is 0.391 e. The lowest BCUT2D eigenvalue weighted by atomic mass is 9.92. The van der Waals surface area contributed by atoms with Gasteiger partial charge in [-0.2, -0.15) is 13.2 Å². The van der Waals surface area contributed by atoms with E-state index in [-0.39, 0.29) is 12.0 Å². The molecule has 0 aliphatic rings. The molecule has 0 spiro atoms. The molecule has 0 amide bonds. The van der Waals surface area contributed by atoms with Crippen molar-refractivity contribution < 1.29 is 17.9 Å². The van der Waals surface area contributed by atoms with Crippen LogP contribution in [0.1, 0.15) is 33.6 Å². The Morgan fingerprint density at radius 3 is 2.06 bits per heavy atom. The van der Waals surface area contributed by atoms with E-state index in [0.717, 1.165) is 13.0 Å². The van der Waals surface area contributed by atoms with Crippen molar-refractivity contribution in [1.82, 2.24) is 5.32 Å². The Bertz CT molecular complexity index is 155. The molecular formula is C11H22F3NO. The van der Waals surface area contributed by atoms with E-state index in [0.29, 0.717) is 13.2 Å². The fraction of sp³-hybridized carbons (Fsp3) is 1.00. The Hall–Kier alpha value is -0.290. The molecule has 0 aromatic rings. The van der Waals surface area contributed by atoms with Crippen molar-refractivity contribution >= 4 is 0 Å². The van der Waals surface area contributed by atoms with Gasteiger partial charge in [-0.15, -0.1) is 0 Å². The van der Waals surface area contributed by atoms with Crippen LogP contribution in [0.2, 0.25) is 0 Å². The van der Waals surface area contributed by atoms with E-state index in [1.54, 1.807) is 0 Å². The summed E-state index contributed by atoms with van der Waals surface area (Å²) < 4.78 is 40.0. The third-order valence-electron chi connectivity index (χ3n) is 2.00. The predicted octanol–water partition coefficient (Wildman–Crippen LogP) is 2.98. The highest BCUT2D eigenvalue weighted by Gasteiger charge is 2.26. The standard InChI is InChI=1S/C11H22F3NO/c1-10(2,3)4-6-15-7-9-16-8-5-11(12,13)14/h15H,4-9H2,1-3H3. The first-order valence-corrected chi connectivity index (χ1v) is 5.56. The average molecular weight is 241 g/mol. The van der Waals surface area contributed by atoms with Gasteiger partial charge in [0.1, 0.15) is 0 Å². The Morgan fingerprint density at radius 1 is 0.938 bits per heavy atom. The molecule has 0 aliphatic heterocycles. The third kappa shape index (κ3) is 13.7. The van der Waals surface area contributed by atoms with Crippen LogP contribution >= 0.6 is 0 Å². The molecule has 98 valence electrons. The van der Waals surface area contributed by atoms with Crippen molar-refractivity contribution in [3.8, 4) is 0 Å². The number of alkyl halides is 3. The molecule has 0 aromatic heterocycles. The minimum Gasteiger partial charge on any atom is -0.380 e. The van der Waals surface area contributed by atoms with Crippen molar-refractivity contribution in [1.29, 1.82) is 0 Å². The summed E-state index contributed by atoms with van der Waals surface area (Å²) in [6.07, 6.45) is -3.94. The highest BCUT2D eigenvalue weighted by atomic mass is 19.4. The molecule has 0 atom stereocenters. The zero-order valence-electron chi connectivity index (χ0n) is 10.3. The van der Waals surface area contributed by atoms with Crippen molar-refractivity contribution in [2.24, 2.45) is 5.41 Å². The van der Waals surface area contributed by atoms with Gasteiger partial charge < -0.3 is 10.1 Å². The van der Waals surface area contributed by atoms with Crippen LogP contribution in [0.3, 0.4) is 0 Å². The second-order valence-corrected chi connectivity index (χ2v) is 5.04. The van der Waals surface area contributed by atoms with Gasteiger partial charge in [-0.05, 0) is 18.4 Å². The van der Waals surface area contributed by atoms with Crippen LogP contribution in [0.5, 0.6) is 0 Å². The molecule has 0 bridgehead atoms. The molecule has 0 fully saturated rings. The van der Waals surface area contributed by atoms with Gasteiger partial charge in [0.2, 0.25) is 0 Å². The molecule has 0 saturated heterocycles. The van der Waals surface area contributed by atoms with Crippen LogP contribution in [0.4, 0.5) is 13.2 Å². The van der Waals surface area contributed by atoms with Crippen LogP contribution in [0, 0.1) is 5.41 Å². The number of hydrogen-bond acceptors (Lipinski definition) is 2. The Labute approximate surface area is 95.5 Å². The maximum Gasteiger partial charge on any atom is 0.391 e. The van der Waals surface area contributed by atoms with Crippen LogP contribution < -0.4 is 5.32 Å². The summed E-state index contributed by atoms with van der Waals surface area (Å²) in [7, 11) is 0. The van der Waals surface area contributed by atoms with Crippen LogP contribution in [-0.2, 0) is 4.74 Å². The molecule has 0 radical (unpaired) electrons. The lowest BCUT2D eigenvalue weighted by molar-refractivity contribution is -0.145. The summed E-state index contributed by atoms with van der Waals surface area (Å²) in [6.45, 7) is 8.00. The van der Waals surface area contributed by atoms with E-state index in [4.69, 9.17) is 4.74 Å². The van der Waals surface area contributed by atoms with Gasteiger partial charge >= 0.3 is 6.18 Å². The SMILES string of the molecule is CC(C)(C)CCNCCOCCC(F)(F)F. The molecule has 16 heavy (non-hydrogen) atoms. The van der Waals surface area contributed by atoms with Gasteiger partial charge in [0.05, 0.1) is 19.6 Å². The monoisotopic (exact) mass is 241 g/mol. The summed E-state index contributed by atoms with van der Waals surface area (Å²) in [5.74, 6) is 0. The molecule has 5 heteroatoms. The molecule has 0 aromatic carbocycles. The second-order valence-electron chi connectivity index (χ2n) is 5.04. The van der Waals surface area contributed by atoms with Gasteiger partial charge in [0.15, 0.2) is 0 Å². The molecule has 0 saturated carbocycles. The number of rotatable bonds is 7. The number of nitrogens with one attached hydrogen (secondary N) is 1. The normalized spacial score (nSPS) is 13.1. The lowest BCUT2D eigenvalue weighted by Gasteiger charge is -2.18. The quantitative estimate of drug-likeness (QED) is 0.692. The van der Waals surface area contributed by atoms with Crippen molar-refractivity contribution in [3.05, 3.63) is 0 Å². The van der Waals surface area contributed by atoms with E-state index in [1.807, 2.05) is 0 Å². The van der Waals surface area contributed by atoms with Crippen LogP contribution in [0.15, 0.2) is 0 Å². The number of halogens is 3. The first kappa shape index (κ1) is 15.7. The van der Waals surface area contributed by atoms with Gasteiger partial charge in [0, 0.05) is 6.54 Å². The van der Waals surface area contributed by atoms with E-state index in [1.165, 1.54) is 0 Å². The number of ether oxygens (including phenoxy) is 1. The highest BCUT2D eigenvalue weighted by Crippen LogP contribution is 2.19. The smallest absolute Gasteiger partial charge is 0.380 e. The first-order valence-electron chi connectivity index (χ1n) is 5.56. The average Bonchev–Trinajstić information content (AvgIpc) is 2.06. The molecule has 0 rings (SSSR count). The van der Waals surface area contributed by atoms with Crippen molar-refractivity contribution in [2.45, 2.75) is 39.8 Å². The molecule has 0 aliphatic carbocycles. The minimum atomic E-state index is -4.11. The lowest BCUT2D eigenvalue weighted by Crippen LogP contribution is -2.24. The van der Waals surface area contributed by atoms with E-state index < -0.39 is 12.6 Å². The Morgan fingerprint density at radius 2 is 1.56 bits per heavy atom. The van der Waals surface area contributed by atoms with Crippen LogP contribution in [0.25, 0.3) is 0 Å². The zero-order chi connectivity index (χ0) is 12.7.